The molecule has 0 bridgehead atoms. The van der Waals surface area contributed by atoms with Crippen LogP contribution >= 0.6 is 0 Å². The molecule has 0 aliphatic carbocycles. The Morgan fingerprint density at radius 3 is 1.41 bits per heavy atom. The normalized spacial score (nSPS) is 25.8. The predicted octanol–water partition coefficient (Wildman–Crippen LogP) is 5.58. The fraction of sp³-hybridized carbons (Fsp3) is 1.00. The third kappa shape index (κ3) is 15.2. The summed E-state index contributed by atoms with van der Waals surface area (Å²) >= 11 is 0. The molecule has 6 nitrogen and oxygen atoms in total. The summed E-state index contributed by atoms with van der Waals surface area (Å²) < 4.78 is 0. The molecule has 0 atom stereocenters. The minimum atomic E-state index is 0. The third-order valence-corrected chi connectivity index (χ3v) is 11.9. The zero-order valence-corrected chi connectivity index (χ0v) is 35.7. The number of rotatable bonds is 10. The van der Waals surface area contributed by atoms with Crippen LogP contribution in [0.3, 0.4) is 0 Å². The smallest absolute Gasteiger partial charge is 0.00912 e. The third-order valence-electron chi connectivity index (χ3n) is 11.9. The summed E-state index contributed by atoms with van der Waals surface area (Å²) in [5.74, 6) is 3.98. The summed E-state index contributed by atoms with van der Waals surface area (Å²) in [6, 6.07) is 1.52. The van der Waals surface area contributed by atoms with Crippen molar-refractivity contribution < 1.29 is 66.8 Å². The summed E-state index contributed by atoms with van der Waals surface area (Å²) in [5, 5.41) is 3.58. The van der Waals surface area contributed by atoms with Gasteiger partial charge in [0.05, 0.1) is 0 Å². The van der Waals surface area contributed by atoms with Gasteiger partial charge in [0, 0.05) is 92.0 Å². The Bertz CT molecular complexity index is 696. The van der Waals surface area contributed by atoms with Gasteiger partial charge in [0.15, 0.2) is 0 Å². The minimum Gasteiger partial charge on any atom is -0.314 e. The van der Waals surface area contributed by atoms with Crippen molar-refractivity contribution in [2.45, 2.75) is 110 Å². The zero-order valence-electron chi connectivity index (χ0n) is 30.0. The average Bonchev–Trinajstić information content (AvgIpc) is 3.01. The van der Waals surface area contributed by atoms with Crippen LogP contribution in [0.15, 0.2) is 0 Å². The number of hydrogen-bond donors (Lipinski definition) is 1. The molecule has 0 aromatic carbocycles. The van der Waals surface area contributed by atoms with Crippen LogP contribution in [0.5, 0.6) is 0 Å². The molecule has 5 rings (SSSR count). The zero-order chi connectivity index (χ0) is 29.7. The van der Waals surface area contributed by atoms with Crippen LogP contribution in [-0.2, 0) is 65.4 Å². The molecule has 5 aliphatic heterocycles. The predicted molar refractivity (Wildman–Crippen MR) is 184 cm³/mol. The maximum absolute atomic E-state index is 3.58. The van der Waals surface area contributed by atoms with Crippen LogP contribution in [0.25, 0.3) is 0 Å². The van der Waals surface area contributed by atoms with Crippen molar-refractivity contribution in [2.24, 2.45) is 23.7 Å². The summed E-state index contributed by atoms with van der Waals surface area (Å²) in [6.45, 7) is 27.7. The molecule has 0 aromatic rings. The van der Waals surface area contributed by atoms with Gasteiger partial charge in [-0.15, -0.1) is 0 Å². The molecule has 0 saturated carbocycles. The first kappa shape index (κ1) is 42.1. The van der Waals surface area contributed by atoms with E-state index in [1.165, 1.54) is 156 Å². The van der Waals surface area contributed by atoms with Crippen molar-refractivity contribution in [3.05, 3.63) is 0 Å². The first-order valence-corrected chi connectivity index (χ1v) is 18.7. The van der Waals surface area contributed by atoms with Crippen molar-refractivity contribution in [1.82, 2.24) is 29.8 Å². The van der Waals surface area contributed by atoms with Crippen molar-refractivity contribution in [3.63, 3.8) is 0 Å². The van der Waals surface area contributed by atoms with Gasteiger partial charge in [-0.25, -0.2) is 0 Å². The Labute approximate surface area is 326 Å². The molecule has 2 radical (unpaired) electrons. The molecule has 254 valence electrons. The molecule has 0 aromatic heterocycles. The van der Waals surface area contributed by atoms with Crippen LogP contribution in [0.4, 0.5) is 0 Å². The molecular formula is C36H74N6Y2. The van der Waals surface area contributed by atoms with Gasteiger partial charge in [0.2, 0.25) is 0 Å². The molecule has 5 saturated heterocycles. The fourth-order valence-electron chi connectivity index (χ4n) is 8.65. The first-order valence-electron chi connectivity index (χ1n) is 18.7. The molecule has 5 aliphatic rings. The fourth-order valence-corrected chi connectivity index (χ4v) is 8.65. The number of nitrogens with one attached hydrogen (secondary N) is 1. The molecule has 8 heteroatoms. The van der Waals surface area contributed by atoms with E-state index in [0.717, 1.165) is 42.3 Å². The van der Waals surface area contributed by atoms with E-state index in [1.807, 2.05) is 0 Å². The topological polar surface area (TPSA) is 28.2 Å². The molecule has 0 unspecified atom stereocenters. The molecule has 5 heterocycles. The molecule has 44 heavy (non-hydrogen) atoms. The molecular weight excluding hydrogens is 694 g/mol. The Kier molecular flexibility index (Phi) is 22.4. The maximum atomic E-state index is 3.58. The largest absolute Gasteiger partial charge is 0.314 e. The SMILES string of the molecule is CCN1CCC(CC2CCN(CC3CCN(C(C)C)CC3)CC2)CC1.CCNC1CCN(CC2CCN(C)CC2)CC1.[HH].[Y].[Y]. The minimum absolute atomic E-state index is 0. The monoisotopic (exact) mass is 768 g/mol. The van der Waals surface area contributed by atoms with Gasteiger partial charge >= 0.3 is 0 Å². The van der Waals surface area contributed by atoms with Gasteiger partial charge in [-0.3, -0.25) is 0 Å². The van der Waals surface area contributed by atoms with E-state index in [0.29, 0.717) is 0 Å². The van der Waals surface area contributed by atoms with Gasteiger partial charge in [-0.05, 0) is 194 Å². The summed E-state index contributed by atoms with van der Waals surface area (Å²) in [4.78, 5) is 13.2. The van der Waals surface area contributed by atoms with Gasteiger partial charge in [0.1, 0.15) is 0 Å². The van der Waals surface area contributed by atoms with E-state index in [4.69, 9.17) is 0 Å². The van der Waals surface area contributed by atoms with E-state index in [2.05, 4.69) is 64.6 Å². The Balaban J connectivity index is 0.000000448. The van der Waals surface area contributed by atoms with E-state index in [1.54, 1.807) is 0 Å². The quantitative estimate of drug-likeness (QED) is 0.312. The maximum Gasteiger partial charge on any atom is 0.00912 e. The number of nitrogens with zero attached hydrogens (tertiary/aromatic N) is 5. The molecule has 0 spiro atoms. The second-order valence-electron chi connectivity index (χ2n) is 15.3. The molecule has 0 amide bonds. The van der Waals surface area contributed by atoms with Gasteiger partial charge in [-0.1, -0.05) is 13.8 Å². The van der Waals surface area contributed by atoms with Crippen LogP contribution in [-0.4, -0.2) is 135 Å². The van der Waals surface area contributed by atoms with Gasteiger partial charge in [-0.2, -0.15) is 0 Å². The van der Waals surface area contributed by atoms with Gasteiger partial charge < -0.3 is 29.8 Å². The van der Waals surface area contributed by atoms with Crippen molar-refractivity contribution in [1.29, 1.82) is 0 Å². The Hall–Kier alpha value is 1.97. The van der Waals surface area contributed by atoms with Crippen LogP contribution < -0.4 is 5.32 Å². The summed E-state index contributed by atoms with van der Waals surface area (Å²) in [5.41, 5.74) is 0. The van der Waals surface area contributed by atoms with Crippen LogP contribution in [0.1, 0.15) is 99.8 Å². The van der Waals surface area contributed by atoms with Gasteiger partial charge in [0.25, 0.3) is 0 Å². The summed E-state index contributed by atoms with van der Waals surface area (Å²) in [6.07, 6.45) is 15.7. The first-order chi connectivity index (χ1) is 20.4. The second-order valence-corrected chi connectivity index (χ2v) is 15.3. The number of hydrogen-bond acceptors (Lipinski definition) is 6. The van der Waals surface area contributed by atoms with Crippen molar-refractivity contribution >= 4 is 0 Å². The van der Waals surface area contributed by atoms with E-state index >= 15 is 0 Å². The average molecular weight is 769 g/mol. The number of likely N-dealkylation sites (tertiary alicyclic amines) is 5. The van der Waals surface area contributed by atoms with E-state index < -0.39 is 0 Å². The molecule has 5 fully saturated rings. The summed E-state index contributed by atoms with van der Waals surface area (Å²) in [7, 11) is 2.25. The number of piperidine rings is 5. The second kappa shape index (κ2) is 23.4. The Morgan fingerprint density at radius 1 is 0.568 bits per heavy atom. The standard InChI is InChI=1S/C22H43N3.C14H29N3.2Y.H2/c1-4-23-11-5-20(6-12-23)17-21-7-13-24(14-8-21)18-22-9-15-25(16-10-22)19(2)3;1-3-15-14-6-10-17(11-7-14)12-13-4-8-16(2)9-5-13;;;/h19-22H,4-18H2,1-3H3;13-15H,3-12H2,1-2H3;;;1H. The van der Waals surface area contributed by atoms with Crippen LogP contribution in [0, 0.1) is 23.7 Å². The van der Waals surface area contributed by atoms with Crippen LogP contribution in [0.2, 0.25) is 0 Å². The Morgan fingerprint density at radius 2 is 0.977 bits per heavy atom. The van der Waals surface area contributed by atoms with E-state index in [-0.39, 0.29) is 66.8 Å². The van der Waals surface area contributed by atoms with Crippen molar-refractivity contribution in [3.8, 4) is 0 Å². The van der Waals surface area contributed by atoms with E-state index in [9.17, 15) is 0 Å². The van der Waals surface area contributed by atoms with Crippen molar-refractivity contribution in [2.75, 3.05) is 98.7 Å². The molecule has 1 N–H and O–H groups in total.